The first-order valence-corrected chi connectivity index (χ1v) is 11.8. The molecule has 33 heavy (non-hydrogen) atoms. The summed E-state index contributed by atoms with van der Waals surface area (Å²) in [5.74, 6) is 0.516. The molecular formula is C25H27N3O4S. The van der Waals surface area contributed by atoms with Crippen LogP contribution < -0.4 is 4.74 Å². The van der Waals surface area contributed by atoms with Gasteiger partial charge in [0.05, 0.1) is 31.2 Å². The number of nitrogens with zero attached hydrogens (tertiary/aromatic N) is 3. The summed E-state index contributed by atoms with van der Waals surface area (Å²) in [7, 11) is 3.11. The van der Waals surface area contributed by atoms with Crippen LogP contribution in [-0.2, 0) is 9.47 Å². The fourth-order valence-electron chi connectivity index (χ4n) is 3.44. The van der Waals surface area contributed by atoms with Gasteiger partial charge in [-0.05, 0) is 55.7 Å². The van der Waals surface area contributed by atoms with E-state index >= 15 is 0 Å². The molecule has 0 atom stereocenters. The Morgan fingerprint density at radius 2 is 1.61 bits per heavy atom. The molecule has 0 aliphatic heterocycles. The van der Waals surface area contributed by atoms with E-state index < -0.39 is 0 Å². The quantitative estimate of drug-likeness (QED) is 0.215. The van der Waals surface area contributed by atoms with Gasteiger partial charge < -0.3 is 14.2 Å². The number of carbonyl (C=O) groups is 1. The van der Waals surface area contributed by atoms with Gasteiger partial charge >= 0.3 is 5.97 Å². The largest absolute Gasteiger partial charge is 0.494 e. The molecule has 0 spiro atoms. The molecule has 0 bridgehead atoms. The van der Waals surface area contributed by atoms with E-state index in [4.69, 9.17) is 14.2 Å². The molecule has 7 nitrogen and oxygen atoms in total. The highest BCUT2D eigenvalue weighted by atomic mass is 32.1. The van der Waals surface area contributed by atoms with Crippen LogP contribution in [0.25, 0.3) is 26.8 Å². The number of unbranched alkanes of at least 4 members (excludes halogenated alkanes) is 3. The highest BCUT2D eigenvalue weighted by Gasteiger charge is 2.12. The van der Waals surface area contributed by atoms with E-state index in [0.717, 1.165) is 65.0 Å². The molecule has 0 aliphatic carbocycles. The van der Waals surface area contributed by atoms with Crippen molar-refractivity contribution in [3.8, 4) is 27.6 Å². The standard InChI is InChI=1S/C25H27N3O4S/c1-30-15-5-3-4-6-16-32-21-13-11-19(12-14-21)23-27-28-17-22(26-25(28)33-23)18-7-9-20(10-8-18)24(29)31-2/h7-14,17H,3-6,15-16H2,1-2H3. The lowest BCUT2D eigenvalue weighted by molar-refractivity contribution is 0.0600. The number of fused-ring (bicyclic) bond motifs is 1. The maximum absolute atomic E-state index is 11.6. The Morgan fingerprint density at radius 1 is 0.909 bits per heavy atom. The van der Waals surface area contributed by atoms with Gasteiger partial charge in [-0.15, -0.1) is 0 Å². The van der Waals surface area contributed by atoms with Crippen LogP contribution in [0.3, 0.4) is 0 Å². The zero-order chi connectivity index (χ0) is 23.0. The van der Waals surface area contributed by atoms with Crippen LogP contribution in [0.2, 0.25) is 0 Å². The molecule has 4 rings (SSSR count). The number of esters is 1. The van der Waals surface area contributed by atoms with Crippen molar-refractivity contribution in [2.45, 2.75) is 25.7 Å². The maximum atomic E-state index is 11.6. The predicted octanol–water partition coefficient (Wildman–Crippen LogP) is 5.50. The van der Waals surface area contributed by atoms with E-state index in [2.05, 4.69) is 10.1 Å². The first-order valence-electron chi connectivity index (χ1n) is 10.9. The Balaban J connectivity index is 1.35. The highest BCUT2D eigenvalue weighted by molar-refractivity contribution is 7.19. The van der Waals surface area contributed by atoms with Crippen molar-refractivity contribution in [3.05, 3.63) is 60.3 Å². The number of carbonyl (C=O) groups excluding carboxylic acids is 1. The SMILES string of the molecule is COCCCCCCOc1ccc(-c2nn3cc(-c4ccc(C(=O)OC)cc4)nc3s2)cc1. The Morgan fingerprint density at radius 3 is 2.27 bits per heavy atom. The van der Waals surface area contributed by atoms with Crippen LogP contribution in [0.5, 0.6) is 5.75 Å². The molecule has 0 unspecified atom stereocenters. The van der Waals surface area contributed by atoms with E-state index in [-0.39, 0.29) is 5.97 Å². The number of hydrogen-bond acceptors (Lipinski definition) is 7. The van der Waals surface area contributed by atoms with Gasteiger partial charge in [-0.3, -0.25) is 0 Å². The van der Waals surface area contributed by atoms with E-state index in [1.54, 1.807) is 23.8 Å². The molecule has 0 saturated carbocycles. The van der Waals surface area contributed by atoms with Crippen LogP contribution in [0.15, 0.2) is 54.7 Å². The molecule has 0 fully saturated rings. The van der Waals surface area contributed by atoms with E-state index in [9.17, 15) is 4.79 Å². The molecule has 2 aromatic heterocycles. The molecule has 172 valence electrons. The average molecular weight is 466 g/mol. The van der Waals surface area contributed by atoms with Gasteiger partial charge in [-0.25, -0.2) is 14.3 Å². The lowest BCUT2D eigenvalue weighted by atomic mass is 10.1. The third-order valence-electron chi connectivity index (χ3n) is 5.26. The lowest BCUT2D eigenvalue weighted by Gasteiger charge is -2.06. The van der Waals surface area contributed by atoms with Crippen LogP contribution in [0.1, 0.15) is 36.0 Å². The second-order valence-electron chi connectivity index (χ2n) is 7.61. The number of hydrogen-bond donors (Lipinski definition) is 0. The maximum Gasteiger partial charge on any atom is 0.337 e. The molecule has 0 N–H and O–H groups in total. The minimum Gasteiger partial charge on any atom is -0.494 e. The van der Waals surface area contributed by atoms with Crippen molar-refractivity contribution in [2.24, 2.45) is 0 Å². The zero-order valence-electron chi connectivity index (χ0n) is 18.8. The summed E-state index contributed by atoms with van der Waals surface area (Å²) in [5.41, 5.74) is 3.27. The van der Waals surface area contributed by atoms with Gasteiger partial charge in [-0.1, -0.05) is 29.9 Å². The molecule has 2 aromatic carbocycles. The minimum absolute atomic E-state index is 0.354. The van der Waals surface area contributed by atoms with E-state index in [0.29, 0.717) is 5.56 Å². The second-order valence-corrected chi connectivity index (χ2v) is 8.57. The number of ether oxygens (including phenoxy) is 3. The van der Waals surface area contributed by atoms with Crippen LogP contribution in [0.4, 0.5) is 0 Å². The zero-order valence-corrected chi connectivity index (χ0v) is 19.6. The van der Waals surface area contributed by atoms with Crippen molar-refractivity contribution >= 4 is 22.3 Å². The molecular weight excluding hydrogens is 438 g/mol. The van der Waals surface area contributed by atoms with Crippen molar-refractivity contribution < 1.29 is 19.0 Å². The van der Waals surface area contributed by atoms with Crippen LogP contribution >= 0.6 is 11.3 Å². The average Bonchev–Trinajstić information content (AvgIpc) is 3.43. The first-order chi connectivity index (χ1) is 16.2. The topological polar surface area (TPSA) is 75.0 Å². The Hall–Kier alpha value is -3.23. The number of imidazole rings is 1. The first kappa shape index (κ1) is 22.9. The van der Waals surface area contributed by atoms with Crippen molar-refractivity contribution in [3.63, 3.8) is 0 Å². The summed E-state index contributed by atoms with van der Waals surface area (Å²) < 4.78 is 17.4. The third kappa shape index (κ3) is 5.77. The van der Waals surface area contributed by atoms with Crippen LogP contribution in [0, 0.1) is 0 Å². The summed E-state index contributed by atoms with van der Waals surface area (Å²) in [6, 6.07) is 15.2. The number of aromatic nitrogens is 3. The summed E-state index contributed by atoms with van der Waals surface area (Å²) in [6.07, 6.45) is 6.36. The van der Waals surface area contributed by atoms with Crippen molar-refractivity contribution in [1.29, 1.82) is 0 Å². The number of methoxy groups -OCH3 is 2. The predicted molar refractivity (Wildman–Crippen MR) is 129 cm³/mol. The van der Waals surface area contributed by atoms with Gasteiger partial charge in [0.25, 0.3) is 0 Å². The molecule has 4 aromatic rings. The third-order valence-corrected chi connectivity index (χ3v) is 6.23. The number of rotatable bonds is 11. The van der Waals surface area contributed by atoms with Gasteiger partial charge in [0.2, 0.25) is 4.96 Å². The van der Waals surface area contributed by atoms with Gasteiger partial charge in [0.15, 0.2) is 0 Å². The summed E-state index contributed by atoms with van der Waals surface area (Å²) >= 11 is 1.53. The smallest absolute Gasteiger partial charge is 0.337 e. The minimum atomic E-state index is -0.354. The van der Waals surface area contributed by atoms with Gasteiger partial charge in [-0.2, -0.15) is 5.10 Å². The van der Waals surface area contributed by atoms with E-state index in [1.165, 1.54) is 24.9 Å². The Labute approximate surface area is 196 Å². The van der Waals surface area contributed by atoms with Gasteiger partial charge in [0, 0.05) is 24.8 Å². The monoisotopic (exact) mass is 465 g/mol. The highest BCUT2D eigenvalue weighted by Crippen LogP contribution is 2.29. The van der Waals surface area contributed by atoms with Crippen molar-refractivity contribution in [1.82, 2.24) is 14.6 Å². The molecule has 8 heteroatoms. The summed E-state index contributed by atoms with van der Waals surface area (Å²) in [6.45, 7) is 1.55. The van der Waals surface area contributed by atoms with E-state index in [1.807, 2.05) is 42.6 Å². The fraction of sp³-hybridized carbons (Fsp3) is 0.320. The number of benzene rings is 2. The normalized spacial score (nSPS) is 11.1. The molecule has 0 aliphatic rings. The van der Waals surface area contributed by atoms with Crippen LogP contribution in [-0.4, -0.2) is 48.0 Å². The summed E-state index contributed by atoms with van der Waals surface area (Å²) in [5, 5.41) is 5.57. The molecule has 2 heterocycles. The molecule has 0 amide bonds. The van der Waals surface area contributed by atoms with Crippen molar-refractivity contribution in [2.75, 3.05) is 27.4 Å². The molecule has 0 radical (unpaired) electrons. The molecule has 0 saturated heterocycles. The van der Waals surface area contributed by atoms with Gasteiger partial charge in [0.1, 0.15) is 10.8 Å². The Bertz CT molecular complexity index is 1150. The fourth-order valence-corrected chi connectivity index (χ4v) is 4.32. The second kappa shape index (κ2) is 11.1. The summed E-state index contributed by atoms with van der Waals surface area (Å²) in [4.78, 5) is 17.1. The lowest BCUT2D eigenvalue weighted by Crippen LogP contribution is -2.00. The Kier molecular flexibility index (Phi) is 7.70.